The van der Waals surface area contributed by atoms with E-state index in [0.717, 1.165) is 18.5 Å². The minimum absolute atomic E-state index is 0.443. The van der Waals surface area contributed by atoms with Crippen LogP contribution in [0.3, 0.4) is 0 Å². The molecule has 0 atom stereocenters. The molecule has 6 heteroatoms. The quantitative estimate of drug-likeness (QED) is 0.643. The molecule has 0 aliphatic heterocycles. The predicted molar refractivity (Wildman–Crippen MR) is 79.7 cm³/mol. The van der Waals surface area contributed by atoms with Gasteiger partial charge in [-0.05, 0) is 25.5 Å². The van der Waals surface area contributed by atoms with Crippen LogP contribution in [0.2, 0.25) is 0 Å². The normalized spacial score (nSPS) is 10.1. The summed E-state index contributed by atoms with van der Waals surface area (Å²) in [6.45, 7) is 3.15. The molecule has 0 radical (unpaired) electrons. The van der Waals surface area contributed by atoms with Gasteiger partial charge >= 0.3 is 11.8 Å². The van der Waals surface area contributed by atoms with Crippen molar-refractivity contribution in [2.24, 2.45) is 0 Å². The van der Waals surface area contributed by atoms with Crippen LogP contribution < -0.4 is 10.6 Å². The molecule has 2 rings (SSSR count). The maximum absolute atomic E-state index is 11.7. The van der Waals surface area contributed by atoms with Gasteiger partial charge in [-0.3, -0.25) is 9.59 Å². The number of rotatable bonds is 5. The highest BCUT2D eigenvalue weighted by Gasteiger charge is 2.12. The summed E-state index contributed by atoms with van der Waals surface area (Å²) < 4.78 is 1.92. The van der Waals surface area contributed by atoms with E-state index in [4.69, 9.17) is 0 Å². The lowest BCUT2D eigenvalue weighted by Gasteiger charge is -2.07. The Morgan fingerprint density at radius 3 is 2.62 bits per heavy atom. The standard InChI is InChI=1S/C15H18N4O2/c1-12-3-5-13(6-4-12)18-15(21)14(20)17-7-2-9-19-10-8-16-11-19/h3-6,8,10-11H,2,7,9H2,1H3,(H,17,20)(H,18,21). The van der Waals surface area contributed by atoms with Crippen LogP contribution in [-0.4, -0.2) is 27.9 Å². The van der Waals surface area contributed by atoms with Crippen molar-refractivity contribution in [2.45, 2.75) is 19.9 Å². The van der Waals surface area contributed by atoms with E-state index < -0.39 is 11.8 Å². The molecule has 0 saturated carbocycles. The van der Waals surface area contributed by atoms with Crippen LogP contribution in [-0.2, 0) is 16.1 Å². The second-order valence-corrected chi connectivity index (χ2v) is 4.73. The van der Waals surface area contributed by atoms with Gasteiger partial charge in [-0.2, -0.15) is 0 Å². The summed E-state index contributed by atoms with van der Waals surface area (Å²) in [5.74, 6) is -1.28. The highest BCUT2D eigenvalue weighted by Crippen LogP contribution is 2.08. The van der Waals surface area contributed by atoms with E-state index in [1.54, 1.807) is 24.7 Å². The van der Waals surface area contributed by atoms with Gasteiger partial charge in [0.15, 0.2) is 0 Å². The summed E-state index contributed by atoms with van der Waals surface area (Å²) >= 11 is 0. The lowest BCUT2D eigenvalue weighted by atomic mass is 10.2. The van der Waals surface area contributed by atoms with E-state index in [1.807, 2.05) is 29.8 Å². The molecule has 0 saturated heterocycles. The molecule has 21 heavy (non-hydrogen) atoms. The minimum Gasteiger partial charge on any atom is -0.348 e. The van der Waals surface area contributed by atoms with Gasteiger partial charge < -0.3 is 15.2 Å². The third-order valence-electron chi connectivity index (χ3n) is 2.95. The summed E-state index contributed by atoms with van der Waals surface area (Å²) in [5, 5.41) is 5.15. The first-order valence-corrected chi connectivity index (χ1v) is 6.77. The molecule has 110 valence electrons. The molecule has 2 aromatic rings. The van der Waals surface area contributed by atoms with Crippen molar-refractivity contribution in [3.8, 4) is 0 Å². The molecule has 0 aliphatic rings. The molecule has 0 unspecified atom stereocenters. The van der Waals surface area contributed by atoms with E-state index in [-0.39, 0.29) is 0 Å². The molecule has 1 aromatic carbocycles. The number of hydrogen-bond acceptors (Lipinski definition) is 3. The molecule has 6 nitrogen and oxygen atoms in total. The number of carbonyl (C=O) groups excluding carboxylic acids is 2. The van der Waals surface area contributed by atoms with Gasteiger partial charge in [0, 0.05) is 31.2 Å². The summed E-state index contributed by atoms with van der Waals surface area (Å²) in [5.41, 5.74) is 1.70. The zero-order chi connectivity index (χ0) is 15.1. The Hall–Kier alpha value is -2.63. The van der Waals surface area contributed by atoms with Crippen LogP contribution >= 0.6 is 0 Å². The Labute approximate surface area is 123 Å². The number of aromatic nitrogens is 2. The predicted octanol–water partition coefficient (Wildman–Crippen LogP) is 1.34. The number of benzene rings is 1. The minimum atomic E-state index is -0.651. The van der Waals surface area contributed by atoms with Crippen molar-refractivity contribution < 1.29 is 9.59 Å². The second-order valence-electron chi connectivity index (χ2n) is 4.73. The number of nitrogens with one attached hydrogen (secondary N) is 2. The second kappa shape index (κ2) is 7.23. The van der Waals surface area contributed by atoms with Gasteiger partial charge in [-0.1, -0.05) is 17.7 Å². The fraction of sp³-hybridized carbons (Fsp3) is 0.267. The SMILES string of the molecule is Cc1ccc(NC(=O)C(=O)NCCCn2ccnc2)cc1. The number of hydrogen-bond donors (Lipinski definition) is 2. The fourth-order valence-corrected chi connectivity index (χ4v) is 1.79. The van der Waals surface area contributed by atoms with Crippen LogP contribution in [0.5, 0.6) is 0 Å². The maximum Gasteiger partial charge on any atom is 0.313 e. The van der Waals surface area contributed by atoms with Crippen LogP contribution in [0.15, 0.2) is 43.0 Å². The van der Waals surface area contributed by atoms with Gasteiger partial charge in [-0.15, -0.1) is 0 Å². The van der Waals surface area contributed by atoms with E-state index in [9.17, 15) is 9.59 Å². The highest BCUT2D eigenvalue weighted by molar-refractivity contribution is 6.39. The van der Waals surface area contributed by atoms with E-state index in [0.29, 0.717) is 12.2 Å². The Morgan fingerprint density at radius 2 is 1.95 bits per heavy atom. The van der Waals surface area contributed by atoms with Crippen molar-refractivity contribution >= 4 is 17.5 Å². The summed E-state index contributed by atoms with van der Waals surface area (Å²) in [6.07, 6.45) is 6.01. The molecular formula is C15H18N4O2. The molecule has 1 heterocycles. The van der Waals surface area contributed by atoms with Gasteiger partial charge in [0.25, 0.3) is 0 Å². The zero-order valence-corrected chi connectivity index (χ0v) is 11.9. The monoisotopic (exact) mass is 286 g/mol. The van der Waals surface area contributed by atoms with Crippen molar-refractivity contribution in [3.63, 3.8) is 0 Å². The van der Waals surface area contributed by atoms with Crippen LogP contribution in [0.4, 0.5) is 5.69 Å². The van der Waals surface area contributed by atoms with Crippen LogP contribution in [0.25, 0.3) is 0 Å². The topological polar surface area (TPSA) is 76.0 Å². The lowest BCUT2D eigenvalue weighted by Crippen LogP contribution is -2.36. The number of carbonyl (C=O) groups is 2. The maximum atomic E-state index is 11.7. The number of imidazole rings is 1. The summed E-state index contributed by atoms with van der Waals surface area (Å²) in [6, 6.07) is 7.27. The molecule has 0 spiro atoms. The van der Waals surface area contributed by atoms with Gasteiger partial charge in [0.05, 0.1) is 6.33 Å². The van der Waals surface area contributed by atoms with E-state index in [2.05, 4.69) is 15.6 Å². The highest BCUT2D eigenvalue weighted by atomic mass is 16.2. The largest absolute Gasteiger partial charge is 0.348 e. The Morgan fingerprint density at radius 1 is 1.19 bits per heavy atom. The molecule has 2 N–H and O–H groups in total. The molecular weight excluding hydrogens is 268 g/mol. The Kier molecular flexibility index (Phi) is 5.09. The van der Waals surface area contributed by atoms with E-state index >= 15 is 0 Å². The third kappa shape index (κ3) is 4.76. The first-order valence-electron chi connectivity index (χ1n) is 6.77. The first-order chi connectivity index (χ1) is 10.1. The average Bonchev–Trinajstić information content (AvgIpc) is 2.99. The lowest BCUT2D eigenvalue weighted by molar-refractivity contribution is -0.136. The Balaban J connectivity index is 1.70. The first kappa shape index (κ1) is 14.8. The molecule has 2 amide bonds. The molecule has 0 fully saturated rings. The molecule has 0 bridgehead atoms. The Bertz CT molecular complexity index is 591. The zero-order valence-electron chi connectivity index (χ0n) is 11.9. The summed E-state index contributed by atoms with van der Waals surface area (Å²) in [7, 11) is 0. The van der Waals surface area contributed by atoms with Gasteiger partial charge in [0.1, 0.15) is 0 Å². The number of nitrogens with zero attached hydrogens (tertiary/aromatic N) is 2. The van der Waals surface area contributed by atoms with Crippen molar-refractivity contribution in [1.82, 2.24) is 14.9 Å². The number of amides is 2. The van der Waals surface area contributed by atoms with E-state index in [1.165, 1.54) is 0 Å². The number of aryl methyl sites for hydroxylation is 2. The van der Waals surface area contributed by atoms with Gasteiger partial charge in [-0.25, -0.2) is 4.98 Å². The van der Waals surface area contributed by atoms with Gasteiger partial charge in [0.2, 0.25) is 0 Å². The molecule has 1 aromatic heterocycles. The van der Waals surface area contributed by atoms with Crippen molar-refractivity contribution in [3.05, 3.63) is 48.5 Å². The van der Waals surface area contributed by atoms with Crippen LogP contribution in [0, 0.1) is 6.92 Å². The van der Waals surface area contributed by atoms with Crippen molar-refractivity contribution in [1.29, 1.82) is 0 Å². The smallest absolute Gasteiger partial charge is 0.313 e. The fourth-order valence-electron chi connectivity index (χ4n) is 1.79. The summed E-state index contributed by atoms with van der Waals surface area (Å²) in [4.78, 5) is 27.2. The average molecular weight is 286 g/mol. The number of anilines is 1. The molecule has 0 aliphatic carbocycles. The van der Waals surface area contributed by atoms with Crippen LogP contribution in [0.1, 0.15) is 12.0 Å². The third-order valence-corrected chi connectivity index (χ3v) is 2.95. The van der Waals surface area contributed by atoms with Crippen molar-refractivity contribution in [2.75, 3.05) is 11.9 Å².